The topological polar surface area (TPSA) is 109 Å². The Labute approximate surface area is 160 Å². The standard InChI is InChI=1S/C18H21BrN4O3/c1-10-17(11-2-4-12(19)5-3-11)18(23-22-10)14-7-6-13(8-15(14)24)26-9-16(25)21-20/h2-8,10,17-18,22-24H,9,20H2,1H3,(H,21,25). The summed E-state index contributed by atoms with van der Waals surface area (Å²) < 4.78 is 6.33. The number of halogens is 1. The normalized spacial score (nSPS) is 22.2. The molecule has 0 saturated carbocycles. The van der Waals surface area contributed by atoms with Gasteiger partial charge in [0.25, 0.3) is 5.91 Å². The van der Waals surface area contributed by atoms with E-state index in [9.17, 15) is 9.90 Å². The summed E-state index contributed by atoms with van der Waals surface area (Å²) in [6.45, 7) is 1.89. The summed E-state index contributed by atoms with van der Waals surface area (Å²) in [4.78, 5) is 11.2. The largest absolute Gasteiger partial charge is 0.507 e. The number of nitrogens with two attached hydrogens (primary N) is 1. The van der Waals surface area contributed by atoms with Gasteiger partial charge in [-0.25, -0.2) is 11.3 Å². The Bertz CT molecular complexity index is 785. The van der Waals surface area contributed by atoms with E-state index in [1.807, 2.05) is 17.6 Å². The van der Waals surface area contributed by atoms with Crippen molar-refractivity contribution in [3.05, 3.63) is 58.1 Å². The molecule has 0 aliphatic carbocycles. The predicted molar refractivity (Wildman–Crippen MR) is 101 cm³/mol. The predicted octanol–water partition coefficient (Wildman–Crippen LogP) is 1.84. The zero-order valence-corrected chi connectivity index (χ0v) is 15.8. The second kappa shape index (κ2) is 8.05. The van der Waals surface area contributed by atoms with Crippen LogP contribution in [0.1, 0.15) is 30.0 Å². The van der Waals surface area contributed by atoms with Crippen molar-refractivity contribution >= 4 is 21.8 Å². The van der Waals surface area contributed by atoms with E-state index in [2.05, 4.69) is 45.8 Å². The highest BCUT2D eigenvalue weighted by molar-refractivity contribution is 9.10. The van der Waals surface area contributed by atoms with E-state index in [-0.39, 0.29) is 30.4 Å². The second-order valence-corrected chi connectivity index (χ2v) is 7.12. The lowest BCUT2D eigenvalue weighted by atomic mass is 9.84. The first-order valence-electron chi connectivity index (χ1n) is 8.21. The maximum atomic E-state index is 11.2. The summed E-state index contributed by atoms with van der Waals surface area (Å²) in [5.74, 6) is 5.22. The Morgan fingerprint density at radius 3 is 2.65 bits per heavy atom. The number of carbonyl (C=O) groups excluding carboxylic acids is 1. The number of nitrogens with one attached hydrogen (secondary N) is 3. The third kappa shape index (κ3) is 3.99. The maximum absolute atomic E-state index is 11.2. The Hall–Kier alpha value is -2.13. The molecule has 1 heterocycles. The number of aromatic hydroxyl groups is 1. The first-order valence-corrected chi connectivity index (χ1v) is 9.00. The van der Waals surface area contributed by atoms with Gasteiger partial charge in [-0.2, -0.15) is 0 Å². The fraction of sp³-hybridized carbons (Fsp3) is 0.278. The van der Waals surface area contributed by atoms with Crippen molar-refractivity contribution < 1.29 is 14.6 Å². The van der Waals surface area contributed by atoms with Crippen LogP contribution in [0.2, 0.25) is 0 Å². The summed E-state index contributed by atoms with van der Waals surface area (Å²) in [7, 11) is 0. The number of phenols is 1. The summed E-state index contributed by atoms with van der Waals surface area (Å²) in [6.07, 6.45) is 0. The molecule has 1 aliphatic rings. The number of hydrogen-bond acceptors (Lipinski definition) is 6. The number of hydrogen-bond donors (Lipinski definition) is 5. The highest BCUT2D eigenvalue weighted by Crippen LogP contribution is 2.41. The minimum Gasteiger partial charge on any atom is -0.507 e. The van der Waals surface area contributed by atoms with Gasteiger partial charge in [0.05, 0.1) is 6.04 Å². The van der Waals surface area contributed by atoms with E-state index in [1.54, 1.807) is 12.1 Å². The molecule has 7 nitrogen and oxygen atoms in total. The van der Waals surface area contributed by atoms with Gasteiger partial charge in [0, 0.05) is 28.1 Å². The average molecular weight is 421 g/mol. The molecule has 2 aromatic carbocycles. The zero-order valence-electron chi connectivity index (χ0n) is 14.2. The molecule has 138 valence electrons. The van der Waals surface area contributed by atoms with E-state index < -0.39 is 5.91 Å². The fourth-order valence-electron chi connectivity index (χ4n) is 3.19. The van der Waals surface area contributed by atoms with E-state index >= 15 is 0 Å². The summed E-state index contributed by atoms with van der Waals surface area (Å²) in [5.41, 5.74) is 10.4. The number of ether oxygens (including phenoxy) is 1. The van der Waals surface area contributed by atoms with Gasteiger partial charge in [-0.05, 0) is 30.7 Å². The average Bonchev–Trinajstić information content (AvgIpc) is 3.01. The van der Waals surface area contributed by atoms with Gasteiger partial charge in [-0.3, -0.25) is 15.6 Å². The highest BCUT2D eigenvalue weighted by atomic mass is 79.9. The zero-order chi connectivity index (χ0) is 18.7. The van der Waals surface area contributed by atoms with E-state index in [0.29, 0.717) is 5.75 Å². The highest BCUT2D eigenvalue weighted by Gasteiger charge is 2.36. The molecule has 0 spiro atoms. The van der Waals surface area contributed by atoms with Crippen molar-refractivity contribution in [1.29, 1.82) is 0 Å². The molecule has 1 fully saturated rings. The summed E-state index contributed by atoms with van der Waals surface area (Å²) in [5, 5.41) is 10.5. The van der Waals surface area contributed by atoms with Gasteiger partial charge < -0.3 is 9.84 Å². The van der Waals surface area contributed by atoms with Crippen LogP contribution in [0, 0.1) is 0 Å². The molecule has 3 atom stereocenters. The SMILES string of the molecule is CC1NNC(c2ccc(OCC(=O)NN)cc2O)C1c1ccc(Br)cc1. The third-order valence-electron chi connectivity index (χ3n) is 4.49. The van der Waals surface area contributed by atoms with Crippen molar-refractivity contribution in [2.75, 3.05) is 6.61 Å². The molecule has 1 aliphatic heterocycles. The van der Waals surface area contributed by atoms with Gasteiger partial charge in [-0.15, -0.1) is 0 Å². The first kappa shape index (κ1) is 18.7. The van der Waals surface area contributed by atoms with Crippen LogP contribution in [0.3, 0.4) is 0 Å². The van der Waals surface area contributed by atoms with Crippen LogP contribution in [0.4, 0.5) is 0 Å². The number of phenolic OH excluding ortho intramolecular Hbond substituents is 1. The van der Waals surface area contributed by atoms with E-state index in [4.69, 9.17) is 10.6 Å². The molecule has 6 N–H and O–H groups in total. The van der Waals surface area contributed by atoms with Crippen LogP contribution < -0.4 is 26.9 Å². The Morgan fingerprint density at radius 2 is 2.00 bits per heavy atom. The minimum atomic E-state index is -0.445. The quantitative estimate of drug-likeness (QED) is 0.287. The van der Waals surface area contributed by atoms with Gasteiger partial charge in [0.2, 0.25) is 0 Å². The second-order valence-electron chi connectivity index (χ2n) is 6.21. The molecule has 3 unspecified atom stereocenters. The molecule has 8 heteroatoms. The van der Waals surface area contributed by atoms with Crippen LogP contribution in [0.5, 0.6) is 11.5 Å². The van der Waals surface area contributed by atoms with Crippen LogP contribution in [0.25, 0.3) is 0 Å². The molecule has 26 heavy (non-hydrogen) atoms. The van der Waals surface area contributed by atoms with Crippen molar-refractivity contribution in [1.82, 2.24) is 16.3 Å². The van der Waals surface area contributed by atoms with Crippen molar-refractivity contribution in [2.45, 2.75) is 24.9 Å². The molecule has 1 saturated heterocycles. The molecule has 3 rings (SSSR count). The molecular formula is C18H21BrN4O3. The van der Waals surface area contributed by atoms with Crippen LogP contribution in [0.15, 0.2) is 46.9 Å². The Balaban J connectivity index is 1.82. The fourth-order valence-corrected chi connectivity index (χ4v) is 3.46. The minimum absolute atomic E-state index is 0.103. The maximum Gasteiger partial charge on any atom is 0.271 e. The summed E-state index contributed by atoms with van der Waals surface area (Å²) in [6, 6.07) is 13.3. The number of benzene rings is 2. The number of hydrazine groups is 2. The summed E-state index contributed by atoms with van der Waals surface area (Å²) >= 11 is 3.46. The van der Waals surface area contributed by atoms with Gasteiger partial charge in [0.15, 0.2) is 6.61 Å². The molecule has 2 aromatic rings. The third-order valence-corrected chi connectivity index (χ3v) is 5.02. The molecule has 0 aromatic heterocycles. The van der Waals surface area contributed by atoms with Crippen LogP contribution in [-0.4, -0.2) is 23.7 Å². The Morgan fingerprint density at radius 1 is 1.27 bits per heavy atom. The van der Waals surface area contributed by atoms with E-state index in [1.165, 1.54) is 11.6 Å². The van der Waals surface area contributed by atoms with Gasteiger partial charge in [-0.1, -0.05) is 34.1 Å². The number of rotatable bonds is 5. The van der Waals surface area contributed by atoms with Crippen molar-refractivity contribution in [3.63, 3.8) is 0 Å². The monoisotopic (exact) mass is 420 g/mol. The number of carbonyl (C=O) groups is 1. The van der Waals surface area contributed by atoms with Crippen molar-refractivity contribution in [3.8, 4) is 11.5 Å². The van der Waals surface area contributed by atoms with Crippen LogP contribution >= 0.6 is 15.9 Å². The molecule has 1 amide bonds. The Kier molecular flexibility index (Phi) is 5.77. The first-order chi connectivity index (χ1) is 12.5. The van der Waals surface area contributed by atoms with Gasteiger partial charge >= 0.3 is 0 Å². The lowest BCUT2D eigenvalue weighted by Crippen LogP contribution is -2.34. The molecule has 0 bridgehead atoms. The number of amides is 1. The van der Waals surface area contributed by atoms with Crippen LogP contribution in [-0.2, 0) is 4.79 Å². The molecule has 0 radical (unpaired) electrons. The lowest BCUT2D eigenvalue weighted by Gasteiger charge is -2.23. The van der Waals surface area contributed by atoms with E-state index in [0.717, 1.165) is 10.0 Å². The van der Waals surface area contributed by atoms with Gasteiger partial charge in [0.1, 0.15) is 11.5 Å². The molecular weight excluding hydrogens is 400 g/mol. The lowest BCUT2D eigenvalue weighted by molar-refractivity contribution is -0.123. The smallest absolute Gasteiger partial charge is 0.271 e. The van der Waals surface area contributed by atoms with Crippen molar-refractivity contribution in [2.24, 2.45) is 5.84 Å².